The van der Waals surface area contributed by atoms with Gasteiger partial charge in [0.2, 0.25) is 11.8 Å². The Hall–Kier alpha value is -2.91. The van der Waals surface area contributed by atoms with Gasteiger partial charge in [-0.1, -0.05) is 0 Å². The predicted molar refractivity (Wildman–Crippen MR) is 80.4 cm³/mol. The number of hydrogen-bond donors (Lipinski definition) is 0. The second-order valence-electron chi connectivity index (χ2n) is 5.50. The Bertz CT molecular complexity index is 808. The second-order valence-corrected chi connectivity index (χ2v) is 5.50. The van der Waals surface area contributed by atoms with Crippen LogP contribution in [0.1, 0.15) is 23.3 Å². The van der Waals surface area contributed by atoms with E-state index in [-0.39, 0.29) is 23.0 Å². The maximum absolute atomic E-state index is 12.8. The van der Waals surface area contributed by atoms with E-state index in [0.29, 0.717) is 13.1 Å². The zero-order valence-corrected chi connectivity index (χ0v) is 12.7. The van der Waals surface area contributed by atoms with Crippen LogP contribution >= 0.6 is 0 Å². The van der Waals surface area contributed by atoms with Crippen molar-refractivity contribution < 1.29 is 27.3 Å². The van der Waals surface area contributed by atoms with Crippen LogP contribution in [0.15, 0.2) is 28.7 Å². The fourth-order valence-corrected chi connectivity index (χ4v) is 2.58. The number of carbonyl (C=O) groups is 1. The van der Waals surface area contributed by atoms with Crippen LogP contribution in [0.3, 0.4) is 0 Å². The highest BCUT2D eigenvalue weighted by Crippen LogP contribution is 2.34. The van der Waals surface area contributed by atoms with Crippen LogP contribution in [0.2, 0.25) is 0 Å². The molecule has 0 aliphatic carbocycles. The van der Waals surface area contributed by atoms with Gasteiger partial charge in [0.1, 0.15) is 0 Å². The van der Waals surface area contributed by atoms with E-state index in [1.165, 1.54) is 24.3 Å². The predicted octanol–water partition coefficient (Wildman–Crippen LogP) is 3.60. The number of benzene rings is 1. The first-order valence-electron chi connectivity index (χ1n) is 7.39. The first-order chi connectivity index (χ1) is 11.8. The number of Topliss-reactive ketones (excluding diaryl/α,β-unsaturated/α-hetero) is 1. The molecule has 1 fully saturated rings. The van der Waals surface area contributed by atoms with Crippen molar-refractivity contribution in [3.63, 3.8) is 0 Å². The number of nitrogens with zero attached hydrogens (tertiary/aromatic N) is 3. The average Bonchev–Trinajstić information content (AvgIpc) is 3.22. The maximum Gasteiger partial charge on any atom is 0.456 e. The Kier molecular flexibility index (Phi) is 4.19. The van der Waals surface area contributed by atoms with Crippen molar-refractivity contribution in [1.29, 1.82) is 0 Å². The molecule has 2 aromatic rings. The van der Waals surface area contributed by atoms with E-state index < -0.39 is 22.6 Å². The van der Waals surface area contributed by atoms with Gasteiger partial charge in [-0.05, 0) is 25.0 Å². The lowest BCUT2D eigenvalue weighted by molar-refractivity contribution is -0.384. The Labute approximate surface area is 139 Å². The Morgan fingerprint density at radius 1 is 1.20 bits per heavy atom. The molecule has 2 heterocycles. The number of carbonyl (C=O) groups excluding carboxylic acids is 1. The average molecular weight is 355 g/mol. The molecule has 1 saturated heterocycles. The number of aromatic nitrogens is 1. The minimum atomic E-state index is -5.07. The van der Waals surface area contributed by atoms with Gasteiger partial charge in [-0.2, -0.15) is 13.2 Å². The third-order valence-corrected chi connectivity index (χ3v) is 3.80. The topological polar surface area (TPSA) is 89.5 Å². The van der Waals surface area contributed by atoms with Crippen LogP contribution in [-0.4, -0.2) is 35.0 Å². The minimum absolute atomic E-state index is 0.179. The van der Waals surface area contributed by atoms with Gasteiger partial charge < -0.3 is 9.32 Å². The minimum Gasteiger partial charge on any atom is -0.420 e. The maximum atomic E-state index is 12.8. The van der Waals surface area contributed by atoms with Crippen LogP contribution < -0.4 is 4.90 Å². The number of rotatable bonds is 4. The van der Waals surface area contributed by atoms with Crippen LogP contribution in [0.25, 0.3) is 11.5 Å². The first kappa shape index (κ1) is 16.9. The van der Waals surface area contributed by atoms with Crippen LogP contribution in [0, 0.1) is 10.1 Å². The fraction of sp³-hybridized carbons (Fsp3) is 0.333. The van der Waals surface area contributed by atoms with Crippen LogP contribution in [0.4, 0.5) is 24.7 Å². The van der Waals surface area contributed by atoms with Crippen molar-refractivity contribution in [1.82, 2.24) is 4.98 Å². The molecule has 0 unspecified atom stereocenters. The summed E-state index contributed by atoms with van der Waals surface area (Å²) in [6, 6.07) is 4.97. The number of oxazole rings is 1. The SMILES string of the molecule is O=C(c1nc(-c2ccc([N+](=O)[O-])cc2)oc1N1CCCC1)C(F)(F)F. The van der Waals surface area contributed by atoms with Gasteiger partial charge in [0.25, 0.3) is 11.5 Å². The summed E-state index contributed by atoms with van der Waals surface area (Å²) < 4.78 is 43.9. The number of nitro groups is 1. The second kappa shape index (κ2) is 6.19. The van der Waals surface area contributed by atoms with Crippen LogP contribution in [-0.2, 0) is 0 Å². The zero-order chi connectivity index (χ0) is 18.2. The highest BCUT2D eigenvalue weighted by atomic mass is 19.4. The number of nitro benzene ring substituents is 1. The molecule has 0 atom stereocenters. The number of ketones is 1. The fourth-order valence-electron chi connectivity index (χ4n) is 2.58. The number of halogens is 3. The van der Waals surface area contributed by atoms with Gasteiger partial charge in [0, 0.05) is 30.8 Å². The molecule has 0 amide bonds. The summed E-state index contributed by atoms with van der Waals surface area (Å²) >= 11 is 0. The molecule has 7 nitrogen and oxygen atoms in total. The summed E-state index contributed by atoms with van der Waals surface area (Å²) in [6.07, 6.45) is -3.53. The summed E-state index contributed by atoms with van der Waals surface area (Å²) in [7, 11) is 0. The van der Waals surface area contributed by atoms with E-state index in [0.717, 1.165) is 12.8 Å². The molecule has 0 saturated carbocycles. The third-order valence-electron chi connectivity index (χ3n) is 3.80. The molecular formula is C15H12F3N3O4. The summed E-state index contributed by atoms with van der Waals surface area (Å²) in [5.41, 5.74) is -0.725. The Balaban J connectivity index is 2.03. The molecule has 3 rings (SSSR count). The van der Waals surface area contributed by atoms with E-state index in [9.17, 15) is 28.1 Å². The normalized spacial score (nSPS) is 14.8. The number of hydrogen-bond acceptors (Lipinski definition) is 6. The number of alkyl halides is 3. The molecule has 10 heteroatoms. The molecular weight excluding hydrogens is 343 g/mol. The standard InChI is InChI=1S/C15H12F3N3O4/c16-15(17,18)12(22)11-14(20-7-1-2-8-20)25-13(19-11)9-3-5-10(6-4-9)21(23)24/h3-6H,1-2,7-8H2. The largest absolute Gasteiger partial charge is 0.456 e. The van der Waals surface area contributed by atoms with Gasteiger partial charge in [-0.15, -0.1) is 0 Å². The molecule has 1 aromatic heterocycles. The summed E-state index contributed by atoms with van der Waals surface area (Å²) in [4.78, 5) is 27.0. The summed E-state index contributed by atoms with van der Waals surface area (Å²) in [6.45, 7) is 0.931. The van der Waals surface area contributed by atoms with Gasteiger partial charge in [-0.3, -0.25) is 14.9 Å². The van der Waals surface area contributed by atoms with Crippen molar-refractivity contribution in [2.24, 2.45) is 0 Å². The molecule has 1 aromatic carbocycles. The van der Waals surface area contributed by atoms with Gasteiger partial charge >= 0.3 is 6.18 Å². The molecule has 0 radical (unpaired) electrons. The zero-order valence-electron chi connectivity index (χ0n) is 12.7. The highest BCUT2D eigenvalue weighted by Gasteiger charge is 2.44. The van der Waals surface area contributed by atoms with E-state index >= 15 is 0 Å². The molecule has 0 N–H and O–H groups in total. The van der Waals surface area contributed by atoms with Crippen molar-refractivity contribution in [2.75, 3.05) is 18.0 Å². The molecule has 132 valence electrons. The van der Waals surface area contributed by atoms with Gasteiger partial charge in [0.15, 0.2) is 5.69 Å². The van der Waals surface area contributed by atoms with Crippen molar-refractivity contribution in [2.45, 2.75) is 19.0 Å². The monoisotopic (exact) mass is 355 g/mol. The number of anilines is 1. The van der Waals surface area contributed by atoms with Crippen molar-refractivity contribution in [3.05, 3.63) is 40.1 Å². The summed E-state index contributed by atoms with van der Waals surface area (Å²) in [5, 5.41) is 10.7. The highest BCUT2D eigenvalue weighted by molar-refractivity contribution is 6.02. The van der Waals surface area contributed by atoms with E-state index in [1.807, 2.05) is 0 Å². The first-order valence-corrected chi connectivity index (χ1v) is 7.39. The molecule has 0 bridgehead atoms. The summed E-state index contributed by atoms with van der Waals surface area (Å²) in [5.74, 6) is -2.48. The Morgan fingerprint density at radius 2 is 1.80 bits per heavy atom. The van der Waals surface area contributed by atoms with Crippen molar-refractivity contribution in [3.8, 4) is 11.5 Å². The smallest absolute Gasteiger partial charge is 0.420 e. The van der Waals surface area contributed by atoms with E-state index in [1.54, 1.807) is 4.90 Å². The van der Waals surface area contributed by atoms with Gasteiger partial charge in [-0.25, -0.2) is 4.98 Å². The molecule has 1 aliphatic rings. The lowest BCUT2D eigenvalue weighted by atomic mass is 10.2. The third kappa shape index (κ3) is 3.32. The van der Waals surface area contributed by atoms with Crippen LogP contribution in [0.5, 0.6) is 0 Å². The number of non-ortho nitro benzene ring substituents is 1. The quantitative estimate of drug-likeness (QED) is 0.473. The molecule has 1 aliphatic heterocycles. The van der Waals surface area contributed by atoms with E-state index in [4.69, 9.17) is 4.42 Å². The lowest BCUT2D eigenvalue weighted by Crippen LogP contribution is -2.27. The van der Waals surface area contributed by atoms with E-state index in [2.05, 4.69) is 4.98 Å². The Morgan fingerprint density at radius 3 is 2.32 bits per heavy atom. The van der Waals surface area contributed by atoms with Gasteiger partial charge in [0.05, 0.1) is 4.92 Å². The van der Waals surface area contributed by atoms with Crippen molar-refractivity contribution >= 4 is 17.4 Å². The lowest BCUT2D eigenvalue weighted by Gasteiger charge is -2.14. The molecule has 25 heavy (non-hydrogen) atoms. The molecule has 0 spiro atoms.